The second-order valence-electron chi connectivity index (χ2n) is 4.88. The molecule has 8 heteroatoms. The van der Waals surface area contributed by atoms with Gasteiger partial charge in [0.05, 0.1) is 23.8 Å². The highest BCUT2D eigenvalue weighted by molar-refractivity contribution is 14.0. The Balaban J connectivity index is 0.00000264. The minimum atomic E-state index is 0. The van der Waals surface area contributed by atoms with Crippen molar-refractivity contribution in [1.82, 2.24) is 20.2 Å². The first-order chi connectivity index (χ1) is 10.5. The van der Waals surface area contributed by atoms with Gasteiger partial charge in [0, 0.05) is 25.5 Å². The Labute approximate surface area is 163 Å². The Morgan fingerprint density at radius 3 is 2.52 bits per heavy atom. The van der Waals surface area contributed by atoms with Gasteiger partial charge < -0.3 is 15.2 Å². The number of rotatable bonds is 4. The number of hydrogen-bond donors (Lipinski definition) is 2. The van der Waals surface area contributed by atoms with Gasteiger partial charge in [0.1, 0.15) is 5.15 Å². The number of aryl methyl sites for hydroxylation is 1. The first kappa shape index (κ1) is 20.1. The lowest BCUT2D eigenvalue weighted by Crippen LogP contribution is -2.36. The van der Waals surface area contributed by atoms with Gasteiger partial charge in [-0.05, 0) is 25.1 Å². The third-order valence-electron chi connectivity index (χ3n) is 3.26. The van der Waals surface area contributed by atoms with Crippen molar-refractivity contribution in [2.24, 2.45) is 12.0 Å². The third kappa shape index (κ3) is 5.54. The van der Waals surface area contributed by atoms with E-state index in [0.29, 0.717) is 29.2 Å². The zero-order chi connectivity index (χ0) is 16.1. The van der Waals surface area contributed by atoms with Gasteiger partial charge in [0.15, 0.2) is 5.96 Å². The summed E-state index contributed by atoms with van der Waals surface area (Å²) in [6.45, 7) is 3.15. The van der Waals surface area contributed by atoms with Crippen LogP contribution in [0, 0.1) is 6.92 Å². The number of halogens is 3. The van der Waals surface area contributed by atoms with E-state index in [-0.39, 0.29) is 24.0 Å². The topological polar surface area (TPSA) is 54.2 Å². The molecule has 5 nitrogen and oxygen atoms in total. The zero-order valence-electron chi connectivity index (χ0n) is 13.2. The molecule has 0 bridgehead atoms. The Kier molecular flexibility index (Phi) is 8.15. The monoisotopic (exact) mass is 467 g/mol. The Hall–Kier alpha value is -0.990. The van der Waals surface area contributed by atoms with E-state index >= 15 is 0 Å². The van der Waals surface area contributed by atoms with E-state index in [4.69, 9.17) is 23.2 Å². The smallest absolute Gasteiger partial charge is 0.191 e. The van der Waals surface area contributed by atoms with Crippen LogP contribution in [0.3, 0.4) is 0 Å². The quantitative estimate of drug-likeness (QED) is 0.411. The van der Waals surface area contributed by atoms with Crippen LogP contribution >= 0.6 is 47.2 Å². The van der Waals surface area contributed by atoms with E-state index in [0.717, 1.165) is 17.1 Å². The molecule has 2 aromatic rings. The van der Waals surface area contributed by atoms with E-state index in [1.54, 1.807) is 7.05 Å². The number of aromatic nitrogens is 2. The second kappa shape index (κ2) is 9.34. The maximum atomic E-state index is 6.05. The molecule has 23 heavy (non-hydrogen) atoms. The summed E-state index contributed by atoms with van der Waals surface area (Å²) in [4.78, 5) is 8.63. The van der Waals surface area contributed by atoms with Gasteiger partial charge in [-0.1, -0.05) is 29.3 Å². The fourth-order valence-electron chi connectivity index (χ4n) is 2.03. The molecule has 2 rings (SSSR count). The van der Waals surface area contributed by atoms with Gasteiger partial charge in [0.25, 0.3) is 0 Å². The molecule has 2 heterocycles. The summed E-state index contributed by atoms with van der Waals surface area (Å²) >= 11 is 12.1. The molecule has 0 aromatic carbocycles. The minimum Gasteiger partial charge on any atom is -0.351 e. The fraction of sp³-hybridized carbons (Fsp3) is 0.333. The first-order valence-corrected chi connectivity index (χ1v) is 7.63. The van der Waals surface area contributed by atoms with E-state index in [9.17, 15) is 0 Å². The van der Waals surface area contributed by atoms with Crippen LogP contribution in [0.15, 0.2) is 29.3 Å². The predicted molar refractivity (Wildman–Crippen MR) is 107 cm³/mol. The largest absolute Gasteiger partial charge is 0.351 e. The molecule has 0 aliphatic heterocycles. The van der Waals surface area contributed by atoms with E-state index in [1.165, 1.54) is 0 Å². The van der Waals surface area contributed by atoms with Gasteiger partial charge in [-0.15, -0.1) is 24.0 Å². The Morgan fingerprint density at radius 1 is 1.26 bits per heavy atom. The minimum absolute atomic E-state index is 0. The molecule has 0 spiro atoms. The molecule has 0 aliphatic carbocycles. The summed E-state index contributed by atoms with van der Waals surface area (Å²) in [6.07, 6.45) is 0. The number of hydrogen-bond acceptors (Lipinski definition) is 2. The molecule has 0 fully saturated rings. The SMILES string of the molecule is CN=C(NCc1cccc(C)n1)NCc1cc(Cl)c(Cl)n1C.I. The molecular weight excluding hydrogens is 448 g/mol. The highest BCUT2D eigenvalue weighted by atomic mass is 127. The lowest BCUT2D eigenvalue weighted by Gasteiger charge is -2.12. The summed E-state index contributed by atoms with van der Waals surface area (Å²) in [5.74, 6) is 0.691. The highest BCUT2D eigenvalue weighted by Gasteiger charge is 2.09. The number of nitrogens with one attached hydrogen (secondary N) is 2. The van der Waals surface area contributed by atoms with E-state index < -0.39 is 0 Å². The molecule has 0 saturated heterocycles. The zero-order valence-corrected chi connectivity index (χ0v) is 17.1. The molecular formula is C15H20Cl2IN5. The summed E-state index contributed by atoms with van der Waals surface area (Å²) < 4.78 is 1.84. The number of aliphatic imine (C=N–C) groups is 1. The molecule has 2 aromatic heterocycles. The summed E-state index contributed by atoms with van der Waals surface area (Å²) in [5.41, 5.74) is 2.94. The maximum Gasteiger partial charge on any atom is 0.191 e. The predicted octanol–water partition coefficient (Wildman–Crippen LogP) is 3.52. The average molecular weight is 468 g/mol. The molecule has 126 valence electrons. The van der Waals surface area contributed by atoms with Gasteiger partial charge in [0.2, 0.25) is 0 Å². The molecule has 0 aliphatic rings. The van der Waals surface area contributed by atoms with Crippen LogP contribution in [0.5, 0.6) is 0 Å². The van der Waals surface area contributed by atoms with Gasteiger partial charge >= 0.3 is 0 Å². The third-order valence-corrected chi connectivity index (χ3v) is 4.10. The van der Waals surface area contributed by atoms with Crippen LogP contribution < -0.4 is 10.6 Å². The van der Waals surface area contributed by atoms with Crippen molar-refractivity contribution in [3.63, 3.8) is 0 Å². The van der Waals surface area contributed by atoms with Crippen molar-refractivity contribution in [3.05, 3.63) is 51.5 Å². The molecule has 0 amide bonds. The van der Waals surface area contributed by atoms with Crippen LogP contribution in [0.25, 0.3) is 0 Å². The standard InChI is InChI=1S/C15H19Cl2N5.HI/c1-10-5-4-6-11(21-10)8-19-15(18-2)20-9-12-7-13(16)14(17)22(12)3;/h4-7H,8-9H2,1-3H3,(H2,18,19,20);1H. The molecule has 0 radical (unpaired) electrons. The normalized spacial score (nSPS) is 11.1. The van der Waals surface area contributed by atoms with Crippen molar-refractivity contribution < 1.29 is 0 Å². The van der Waals surface area contributed by atoms with Crippen LogP contribution in [0.4, 0.5) is 0 Å². The van der Waals surface area contributed by atoms with Crippen LogP contribution in [-0.4, -0.2) is 22.6 Å². The number of nitrogens with zero attached hydrogens (tertiary/aromatic N) is 3. The van der Waals surface area contributed by atoms with Crippen LogP contribution in [0.1, 0.15) is 17.1 Å². The fourth-order valence-corrected chi connectivity index (χ4v) is 2.44. The summed E-state index contributed by atoms with van der Waals surface area (Å²) in [7, 11) is 3.60. The average Bonchev–Trinajstić information content (AvgIpc) is 2.75. The molecule has 0 saturated carbocycles. The molecule has 0 atom stereocenters. The van der Waals surface area contributed by atoms with E-state index in [1.807, 2.05) is 42.8 Å². The van der Waals surface area contributed by atoms with Crippen LogP contribution in [0.2, 0.25) is 10.2 Å². The van der Waals surface area contributed by atoms with Crippen molar-refractivity contribution in [3.8, 4) is 0 Å². The lowest BCUT2D eigenvalue weighted by atomic mass is 10.3. The number of guanidine groups is 1. The molecule has 0 unspecified atom stereocenters. The Morgan fingerprint density at radius 2 is 1.96 bits per heavy atom. The number of pyridine rings is 1. The van der Waals surface area contributed by atoms with Crippen LogP contribution in [-0.2, 0) is 20.1 Å². The van der Waals surface area contributed by atoms with Gasteiger partial charge in [-0.2, -0.15) is 0 Å². The lowest BCUT2D eigenvalue weighted by molar-refractivity contribution is 0.745. The maximum absolute atomic E-state index is 6.05. The Bertz CT molecular complexity index is 685. The summed E-state index contributed by atoms with van der Waals surface area (Å²) in [5, 5.41) is 7.53. The highest BCUT2D eigenvalue weighted by Crippen LogP contribution is 2.24. The van der Waals surface area contributed by atoms with Crippen molar-refractivity contribution in [2.75, 3.05) is 7.05 Å². The summed E-state index contributed by atoms with van der Waals surface area (Å²) in [6, 6.07) is 7.78. The second-order valence-corrected chi connectivity index (χ2v) is 5.65. The van der Waals surface area contributed by atoms with Gasteiger partial charge in [-0.3, -0.25) is 9.98 Å². The van der Waals surface area contributed by atoms with Gasteiger partial charge in [-0.25, -0.2) is 0 Å². The first-order valence-electron chi connectivity index (χ1n) is 6.88. The van der Waals surface area contributed by atoms with Crippen molar-refractivity contribution in [1.29, 1.82) is 0 Å². The molecule has 2 N–H and O–H groups in total. The van der Waals surface area contributed by atoms with Crippen molar-refractivity contribution >= 4 is 53.1 Å². The van der Waals surface area contributed by atoms with Crippen molar-refractivity contribution in [2.45, 2.75) is 20.0 Å². The van der Waals surface area contributed by atoms with E-state index in [2.05, 4.69) is 20.6 Å².